The fraction of sp³-hybridized carbons (Fsp3) is 0.636. The van der Waals surface area contributed by atoms with Gasteiger partial charge in [-0.05, 0) is 70.1 Å². The molecule has 0 aliphatic heterocycles. The molecule has 158 valence electrons. The molecule has 2 unspecified atom stereocenters. The van der Waals surface area contributed by atoms with Crippen LogP contribution in [0.1, 0.15) is 65.7 Å². The number of rotatable bonds is 6. The summed E-state index contributed by atoms with van der Waals surface area (Å²) in [6, 6.07) is 6.95. The van der Waals surface area contributed by atoms with Crippen LogP contribution in [0.2, 0.25) is 18.1 Å². The van der Waals surface area contributed by atoms with E-state index in [-0.39, 0.29) is 22.8 Å². The van der Waals surface area contributed by atoms with Gasteiger partial charge in [-0.1, -0.05) is 27.7 Å². The van der Waals surface area contributed by atoms with Gasteiger partial charge >= 0.3 is 6.09 Å². The molecule has 1 aromatic carbocycles. The van der Waals surface area contributed by atoms with Crippen molar-refractivity contribution >= 4 is 20.2 Å². The average molecular weight is 408 g/mol. The SMILES string of the molecule is CC(NC(=O)OC(C)(C)C)C(C)C(=O)c1ccc(O[Si](C)(C)C(C)(C)C)cc1. The Morgan fingerprint density at radius 1 is 0.964 bits per heavy atom. The van der Waals surface area contributed by atoms with Gasteiger partial charge in [-0.3, -0.25) is 4.79 Å². The van der Waals surface area contributed by atoms with E-state index in [0.29, 0.717) is 5.56 Å². The van der Waals surface area contributed by atoms with Crippen LogP contribution in [0.15, 0.2) is 24.3 Å². The van der Waals surface area contributed by atoms with Crippen molar-refractivity contribution in [1.29, 1.82) is 0 Å². The number of carbonyl (C=O) groups is 2. The number of carbonyl (C=O) groups excluding carboxylic acids is 2. The monoisotopic (exact) mass is 407 g/mol. The van der Waals surface area contributed by atoms with E-state index in [0.717, 1.165) is 5.75 Å². The molecule has 0 bridgehead atoms. The Bertz CT molecular complexity index is 684. The first-order valence-electron chi connectivity index (χ1n) is 9.86. The lowest BCUT2D eigenvalue weighted by Gasteiger charge is -2.36. The Labute approximate surface area is 171 Å². The molecule has 1 aromatic rings. The Balaban J connectivity index is 2.77. The van der Waals surface area contributed by atoms with E-state index in [1.165, 1.54) is 0 Å². The third-order valence-corrected chi connectivity index (χ3v) is 9.58. The summed E-state index contributed by atoms with van der Waals surface area (Å²) >= 11 is 0. The van der Waals surface area contributed by atoms with Crippen LogP contribution < -0.4 is 9.74 Å². The van der Waals surface area contributed by atoms with Crippen LogP contribution in [0.4, 0.5) is 4.79 Å². The molecule has 5 nitrogen and oxygen atoms in total. The van der Waals surface area contributed by atoms with Crippen LogP contribution in [0, 0.1) is 5.92 Å². The number of ether oxygens (including phenoxy) is 1. The van der Waals surface area contributed by atoms with Crippen molar-refractivity contribution in [3.8, 4) is 5.75 Å². The van der Waals surface area contributed by atoms with E-state index >= 15 is 0 Å². The normalized spacial score (nSPS) is 14.8. The number of hydrogen-bond acceptors (Lipinski definition) is 4. The fourth-order valence-electron chi connectivity index (χ4n) is 2.24. The second kappa shape index (κ2) is 8.68. The maximum Gasteiger partial charge on any atom is 0.407 e. The second-order valence-corrected chi connectivity index (χ2v) is 14.7. The molecule has 1 N–H and O–H groups in total. The molecule has 0 radical (unpaired) electrons. The molecular weight excluding hydrogens is 370 g/mol. The Hall–Kier alpha value is -1.82. The quantitative estimate of drug-likeness (QED) is 0.478. The molecule has 2 atom stereocenters. The number of benzene rings is 1. The van der Waals surface area contributed by atoms with Crippen LogP contribution in [0.3, 0.4) is 0 Å². The summed E-state index contributed by atoms with van der Waals surface area (Å²) in [5.74, 6) is 0.387. The zero-order valence-electron chi connectivity index (χ0n) is 19.1. The maximum absolute atomic E-state index is 12.8. The molecule has 28 heavy (non-hydrogen) atoms. The minimum atomic E-state index is -1.91. The van der Waals surface area contributed by atoms with Crippen molar-refractivity contribution in [3.63, 3.8) is 0 Å². The molecule has 0 spiro atoms. The zero-order chi connectivity index (χ0) is 21.9. The van der Waals surface area contributed by atoms with Gasteiger partial charge in [0.1, 0.15) is 11.4 Å². The Kier molecular flexibility index (Phi) is 7.51. The highest BCUT2D eigenvalue weighted by Gasteiger charge is 2.39. The number of nitrogens with one attached hydrogen (secondary N) is 1. The first-order chi connectivity index (χ1) is 12.5. The van der Waals surface area contributed by atoms with Crippen molar-refractivity contribution in [2.75, 3.05) is 0 Å². The predicted octanol–water partition coefficient (Wildman–Crippen LogP) is 5.80. The van der Waals surface area contributed by atoms with Crippen LogP contribution in [-0.4, -0.2) is 31.8 Å². The lowest BCUT2D eigenvalue weighted by atomic mass is 9.93. The summed E-state index contributed by atoms with van der Waals surface area (Å²) in [7, 11) is -1.91. The minimum absolute atomic E-state index is 0.0255. The van der Waals surface area contributed by atoms with Crippen molar-refractivity contribution in [3.05, 3.63) is 29.8 Å². The summed E-state index contributed by atoms with van der Waals surface area (Å²) in [6.07, 6.45) is -0.516. The highest BCUT2D eigenvalue weighted by molar-refractivity contribution is 6.74. The third kappa shape index (κ3) is 6.97. The molecule has 1 amide bonds. The van der Waals surface area contributed by atoms with Crippen LogP contribution >= 0.6 is 0 Å². The number of hydrogen-bond donors (Lipinski definition) is 1. The summed E-state index contributed by atoms with van der Waals surface area (Å²) in [5.41, 5.74) is 0.0322. The van der Waals surface area contributed by atoms with E-state index in [1.807, 2.05) is 19.1 Å². The largest absolute Gasteiger partial charge is 0.544 e. The summed E-state index contributed by atoms with van der Waals surface area (Å²) in [6.45, 7) is 20.0. The Morgan fingerprint density at radius 2 is 1.46 bits per heavy atom. The van der Waals surface area contributed by atoms with Gasteiger partial charge in [0.15, 0.2) is 5.78 Å². The topological polar surface area (TPSA) is 64.6 Å². The predicted molar refractivity (Wildman–Crippen MR) is 117 cm³/mol. The average Bonchev–Trinajstić information content (AvgIpc) is 2.50. The number of alkyl carbamates (subject to hydrolysis) is 1. The third-order valence-electron chi connectivity index (χ3n) is 5.23. The molecule has 0 heterocycles. The van der Waals surface area contributed by atoms with Gasteiger partial charge in [-0.2, -0.15) is 0 Å². The first-order valence-corrected chi connectivity index (χ1v) is 12.8. The molecule has 0 aliphatic rings. The van der Waals surface area contributed by atoms with E-state index in [9.17, 15) is 9.59 Å². The lowest BCUT2D eigenvalue weighted by Crippen LogP contribution is -2.43. The van der Waals surface area contributed by atoms with Crippen molar-refractivity contribution in [2.24, 2.45) is 5.92 Å². The molecule has 1 rings (SSSR count). The van der Waals surface area contributed by atoms with E-state index in [4.69, 9.17) is 9.16 Å². The van der Waals surface area contributed by atoms with Crippen LogP contribution in [0.25, 0.3) is 0 Å². The van der Waals surface area contributed by atoms with E-state index in [1.54, 1.807) is 39.8 Å². The smallest absolute Gasteiger partial charge is 0.407 e. The highest BCUT2D eigenvalue weighted by atomic mass is 28.4. The molecule has 6 heteroatoms. The van der Waals surface area contributed by atoms with Gasteiger partial charge < -0.3 is 14.5 Å². The summed E-state index contributed by atoms with van der Waals surface area (Å²) < 4.78 is 11.5. The van der Waals surface area contributed by atoms with Gasteiger partial charge in [0.2, 0.25) is 8.32 Å². The van der Waals surface area contributed by atoms with Gasteiger partial charge in [-0.25, -0.2) is 4.79 Å². The van der Waals surface area contributed by atoms with Crippen molar-refractivity contribution < 1.29 is 18.8 Å². The standard InChI is InChI=1S/C22H37NO4Si/c1-15(16(2)23-20(25)26-21(3,4)5)19(24)17-11-13-18(14-12-17)27-28(9,10)22(6,7)8/h11-16H,1-10H3,(H,23,25). The summed E-state index contributed by atoms with van der Waals surface area (Å²) in [4.78, 5) is 24.7. The number of amides is 1. The van der Waals surface area contributed by atoms with Gasteiger partial charge in [0.25, 0.3) is 0 Å². The van der Waals surface area contributed by atoms with Crippen molar-refractivity contribution in [1.82, 2.24) is 5.32 Å². The van der Waals surface area contributed by atoms with E-state index < -0.39 is 20.0 Å². The molecular formula is C22H37NO4Si. The van der Waals surface area contributed by atoms with Gasteiger partial charge in [0.05, 0.1) is 0 Å². The molecule has 0 aromatic heterocycles. The van der Waals surface area contributed by atoms with Crippen molar-refractivity contribution in [2.45, 2.75) is 85.2 Å². The fourth-order valence-corrected chi connectivity index (χ4v) is 3.27. The lowest BCUT2D eigenvalue weighted by molar-refractivity contribution is 0.0493. The van der Waals surface area contributed by atoms with Crippen LogP contribution in [-0.2, 0) is 4.74 Å². The Morgan fingerprint density at radius 3 is 1.89 bits per heavy atom. The van der Waals surface area contributed by atoms with Gasteiger partial charge in [-0.15, -0.1) is 0 Å². The zero-order valence-corrected chi connectivity index (χ0v) is 20.1. The second-order valence-electron chi connectivity index (χ2n) is 9.97. The number of Topliss-reactive ketones (excluding diaryl/α,β-unsaturated/α-hetero) is 1. The molecule has 0 saturated heterocycles. The van der Waals surface area contributed by atoms with Crippen LogP contribution in [0.5, 0.6) is 5.75 Å². The minimum Gasteiger partial charge on any atom is -0.544 e. The first kappa shape index (κ1) is 24.2. The molecule has 0 fully saturated rings. The number of ketones is 1. The molecule has 0 saturated carbocycles. The molecule has 0 aliphatic carbocycles. The van der Waals surface area contributed by atoms with Gasteiger partial charge in [0, 0.05) is 17.5 Å². The van der Waals surface area contributed by atoms with E-state index in [2.05, 4.69) is 39.2 Å². The summed E-state index contributed by atoms with van der Waals surface area (Å²) in [5, 5.41) is 2.85. The highest BCUT2D eigenvalue weighted by Crippen LogP contribution is 2.37. The maximum atomic E-state index is 12.8.